The standard InChI is InChI=1S/C50H35N3/c1-50(2)45-25-33(32-51)16-22-43(45)44-23-21-38(29-46(44)50)39-26-40(28-42(27-39)47-15-9-10-24-52-47)41-30-48(36-13-7-4-8-14-36)53-49(31-41)37-19-17-35(18-20-37)34-11-5-3-6-12-34/h3-31H,1-2H3. The van der Waals surface area contributed by atoms with Crippen LogP contribution in [0.1, 0.15) is 30.5 Å². The third-order valence-corrected chi connectivity index (χ3v) is 10.5. The van der Waals surface area contributed by atoms with E-state index in [4.69, 9.17) is 9.97 Å². The van der Waals surface area contributed by atoms with Crippen LogP contribution in [0.25, 0.3) is 78.3 Å². The monoisotopic (exact) mass is 677 g/mol. The number of hydrogen-bond acceptors (Lipinski definition) is 3. The third-order valence-electron chi connectivity index (χ3n) is 10.5. The van der Waals surface area contributed by atoms with Gasteiger partial charge in [-0.1, -0.05) is 123 Å². The molecule has 0 atom stereocenters. The molecule has 0 bridgehead atoms. The normalized spacial score (nSPS) is 12.5. The number of nitrogens with zero attached hydrogens (tertiary/aromatic N) is 3. The van der Waals surface area contributed by atoms with Crippen LogP contribution in [0.4, 0.5) is 0 Å². The third kappa shape index (κ3) is 5.91. The van der Waals surface area contributed by atoms with Crippen LogP contribution in [0, 0.1) is 11.3 Å². The van der Waals surface area contributed by atoms with Gasteiger partial charge in [-0.15, -0.1) is 0 Å². The van der Waals surface area contributed by atoms with Crippen molar-refractivity contribution in [3.05, 3.63) is 193 Å². The van der Waals surface area contributed by atoms with E-state index >= 15 is 0 Å². The van der Waals surface area contributed by atoms with E-state index in [1.54, 1.807) is 0 Å². The SMILES string of the molecule is CC1(C)c2cc(C#N)ccc2-c2ccc(-c3cc(-c4cc(-c5ccccc5)nc(-c5ccc(-c6ccccc6)cc5)c4)cc(-c4ccccn4)c3)cc21. The summed E-state index contributed by atoms with van der Waals surface area (Å²) in [6.07, 6.45) is 1.85. The molecule has 9 rings (SSSR count). The highest BCUT2D eigenvalue weighted by molar-refractivity contribution is 5.87. The molecule has 0 saturated carbocycles. The van der Waals surface area contributed by atoms with Crippen LogP contribution in [0.3, 0.4) is 0 Å². The fourth-order valence-corrected chi connectivity index (χ4v) is 7.69. The molecule has 0 N–H and O–H groups in total. The Kier molecular flexibility index (Phi) is 7.87. The van der Waals surface area contributed by atoms with Gasteiger partial charge in [0.15, 0.2) is 0 Å². The molecule has 0 aliphatic heterocycles. The topological polar surface area (TPSA) is 49.6 Å². The lowest BCUT2D eigenvalue weighted by atomic mass is 9.81. The van der Waals surface area contributed by atoms with Crippen molar-refractivity contribution in [1.82, 2.24) is 9.97 Å². The minimum atomic E-state index is -0.240. The molecule has 0 amide bonds. The van der Waals surface area contributed by atoms with E-state index < -0.39 is 0 Å². The summed E-state index contributed by atoms with van der Waals surface area (Å²) in [6, 6.07) is 62.0. The Morgan fingerprint density at radius 3 is 1.58 bits per heavy atom. The Morgan fingerprint density at radius 1 is 0.415 bits per heavy atom. The van der Waals surface area contributed by atoms with Crippen molar-refractivity contribution in [3.8, 4) is 84.3 Å². The Morgan fingerprint density at radius 2 is 0.925 bits per heavy atom. The second kappa shape index (κ2) is 13.0. The van der Waals surface area contributed by atoms with E-state index in [-0.39, 0.29) is 5.41 Å². The van der Waals surface area contributed by atoms with Gasteiger partial charge in [0.05, 0.1) is 28.7 Å². The smallest absolute Gasteiger partial charge is 0.0991 e. The van der Waals surface area contributed by atoms with Crippen LogP contribution in [-0.4, -0.2) is 9.97 Å². The first-order valence-electron chi connectivity index (χ1n) is 17.9. The Hall–Kier alpha value is -6.89. The van der Waals surface area contributed by atoms with Gasteiger partial charge in [-0.3, -0.25) is 4.98 Å². The molecule has 0 radical (unpaired) electrons. The molecule has 8 aromatic rings. The molecule has 6 aromatic carbocycles. The molecule has 1 aliphatic rings. The van der Waals surface area contributed by atoms with Crippen LogP contribution in [0.2, 0.25) is 0 Å². The van der Waals surface area contributed by atoms with E-state index in [1.807, 2.05) is 36.5 Å². The predicted octanol–water partition coefficient (Wildman–Crippen LogP) is 12.7. The van der Waals surface area contributed by atoms with Crippen molar-refractivity contribution in [2.75, 3.05) is 0 Å². The van der Waals surface area contributed by atoms with Gasteiger partial charge in [0, 0.05) is 28.3 Å². The first-order valence-corrected chi connectivity index (χ1v) is 17.9. The molecule has 0 spiro atoms. The van der Waals surface area contributed by atoms with Crippen molar-refractivity contribution in [1.29, 1.82) is 5.26 Å². The maximum absolute atomic E-state index is 9.65. The van der Waals surface area contributed by atoms with Crippen LogP contribution in [0.15, 0.2) is 176 Å². The summed E-state index contributed by atoms with van der Waals surface area (Å²) in [5.74, 6) is 0. The second-order valence-electron chi connectivity index (χ2n) is 14.2. The number of benzene rings is 6. The molecule has 53 heavy (non-hydrogen) atoms. The van der Waals surface area contributed by atoms with E-state index in [9.17, 15) is 5.26 Å². The molecular weight excluding hydrogens is 643 g/mol. The number of fused-ring (bicyclic) bond motifs is 3. The summed E-state index contributed by atoms with van der Waals surface area (Å²) < 4.78 is 0. The first-order chi connectivity index (χ1) is 25.9. The van der Waals surface area contributed by atoms with Gasteiger partial charge in [-0.05, 0) is 116 Å². The van der Waals surface area contributed by atoms with E-state index in [1.165, 1.54) is 33.4 Å². The van der Waals surface area contributed by atoms with Gasteiger partial charge in [0.2, 0.25) is 0 Å². The highest BCUT2D eigenvalue weighted by atomic mass is 14.7. The van der Waals surface area contributed by atoms with Crippen molar-refractivity contribution in [2.45, 2.75) is 19.3 Å². The average molecular weight is 678 g/mol. The summed E-state index contributed by atoms with van der Waals surface area (Å²) >= 11 is 0. The lowest BCUT2D eigenvalue weighted by Gasteiger charge is -2.22. The zero-order chi connectivity index (χ0) is 35.9. The van der Waals surface area contributed by atoms with Crippen molar-refractivity contribution >= 4 is 0 Å². The summed E-state index contributed by atoms with van der Waals surface area (Å²) in [5.41, 5.74) is 18.1. The molecule has 3 nitrogen and oxygen atoms in total. The minimum absolute atomic E-state index is 0.240. The Balaban J connectivity index is 1.20. The van der Waals surface area contributed by atoms with Crippen molar-refractivity contribution in [2.24, 2.45) is 0 Å². The van der Waals surface area contributed by atoms with E-state index in [0.717, 1.165) is 56.0 Å². The van der Waals surface area contributed by atoms with Gasteiger partial charge < -0.3 is 0 Å². The molecule has 0 fully saturated rings. The van der Waals surface area contributed by atoms with Gasteiger partial charge in [-0.25, -0.2) is 4.98 Å². The van der Waals surface area contributed by atoms with Gasteiger partial charge in [0.1, 0.15) is 0 Å². The van der Waals surface area contributed by atoms with Crippen molar-refractivity contribution < 1.29 is 0 Å². The minimum Gasteiger partial charge on any atom is -0.256 e. The largest absolute Gasteiger partial charge is 0.256 e. The number of hydrogen-bond donors (Lipinski definition) is 0. The summed E-state index contributed by atoms with van der Waals surface area (Å²) in [7, 11) is 0. The first kappa shape index (κ1) is 32.0. The highest BCUT2D eigenvalue weighted by Crippen LogP contribution is 2.50. The van der Waals surface area contributed by atoms with Gasteiger partial charge in [0.25, 0.3) is 0 Å². The molecular formula is C50H35N3. The van der Waals surface area contributed by atoms with Crippen LogP contribution in [-0.2, 0) is 5.41 Å². The van der Waals surface area contributed by atoms with E-state index in [0.29, 0.717) is 5.56 Å². The summed E-state index contributed by atoms with van der Waals surface area (Å²) in [6.45, 7) is 4.52. The Labute approximate surface area is 310 Å². The number of rotatable bonds is 6. The number of pyridine rings is 2. The van der Waals surface area contributed by atoms with Gasteiger partial charge in [-0.2, -0.15) is 5.26 Å². The molecule has 3 heteroatoms. The quantitative estimate of drug-likeness (QED) is 0.176. The predicted molar refractivity (Wildman–Crippen MR) is 217 cm³/mol. The van der Waals surface area contributed by atoms with E-state index in [2.05, 4.69) is 159 Å². The molecule has 2 heterocycles. The van der Waals surface area contributed by atoms with Gasteiger partial charge >= 0.3 is 0 Å². The van der Waals surface area contributed by atoms with Crippen LogP contribution >= 0.6 is 0 Å². The van der Waals surface area contributed by atoms with Crippen LogP contribution < -0.4 is 0 Å². The molecule has 0 saturated heterocycles. The number of aromatic nitrogens is 2. The lowest BCUT2D eigenvalue weighted by molar-refractivity contribution is 0.660. The molecule has 1 aliphatic carbocycles. The second-order valence-corrected chi connectivity index (χ2v) is 14.2. The zero-order valence-electron chi connectivity index (χ0n) is 29.6. The molecule has 250 valence electrons. The molecule has 2 aromatic heterocycles. The maximum atomic E-state index is 9.65. The number of nitriles is 1. The average Bonchev–Trinajstić information content (AvgIpc) is 3.46. The fraction of sp³-hybridized carbons (Fsp3) is 0.0600. The maximum Gasteiger partial charge on any atom is 0.0991 e. The summed E-state index contributed by atoms with van der Waals surface area (Å²) in [4.78, 5) is 9.99. The fourth-order valence-electron chi connectivity index (χ4n) is 7.69. The summed E-state index contributed by atoms with van der Waals surface area (Å²) in [5, 5.41) is 9.65. The highest BCUT2D eigenvalue weighted by Gasteiger charge is 2.35. The lowest BCUT2D eigenvalue weighted by Crippen LogP contribution is -2.15. The zero-order valence-corrected chi connectivity index (χ0v) is 29.6. The molecule has 0 unspecified atom stereocenters. The Bertz CT molecular complexity index is 2670. The van der Waals surface area contributed by atoms with Crippen molar-refractivity contribution in [3.63, 3.8) is 0 Å². The van der Waals surface area contributed by atoms with Crippen LogP contribution in [0.5, 0.6) is 0 Å².